The van der Waals surface area contributed by atoms with Gasteiger partial charge < -0.3 is 9.67 Å². The lowest BCUT2D eigenvalue weighted by atomic mass is 9.91. The number of thioether (sulfide) groups is 1. The zero-order chi connectivity index (χ0) is 16.3. The first-order valence-electron chi connectivity index (χ1n) is 8.25. The van der Waals surface area contributed by atoms with Gasteiger partial charge in [-0.1, -0.05) is 44.9 Å². The molecule has 0 saturated heterocycles. The van der Waals surface area contributed by atoms with Crippen molar-refractivity contribution in [3.05, 3.63) is 22.9 Å². The van der Waals surface area contributed by atoms with E-state index in [1.54, 1.807) is 23.5 Å². The molecule has 1 saturated carbocycles. The fourth-order valence-corrected chi connectivity index (χ4v) is 5.32. The van der Waals surface area contributed by atoms with E-state index in [1.807, 2.05) is 20.2 Å². The van der Waals surface area contributed by atoms with Crippen LogP contribution >= 0.6 is 23.1 Å². The first kappa shape index (κ1) is 16.9. The highest BCUT2D eigenvalue weighted by atomic mass is 32.2. The van der Waals surface area contributed by atoms with Gasteiger partial charge in [-0.25, -0.2) is 0 Å². The van der Waals surface area contributed by atoms with E-state index < -0.39 is 5.60 Å². The molecule has 0 spiro atoms. The molecular formula is C16H24N4OS2. The van der Waals surface area contributed by atoms with Crippen molar-refractivity contribution >= 4 is 23.1 Å². The van der Waals surface area contributed by atoms with E-state index in [2.05, 4.69) is 19.7 Å². The second-order valence-electron chi connectivity index (χ2n) is 6.55. The normalized spacial score (nSPS) is 19.1. The standard InChI is InChI=1S/C16H24N4OS2/c1-12(2)16(21,14-8-17-11-23-14)9-22-15-19-18-10-20(15)13-6-4-3-5-7-13/h8,10-13,21H,3-7,9H2,1-2H3. The highest BCUT2D eigenvalue weighted by Gasteiger charge is 2.35. The van der Waals surface area contributed by atoms with Crippen molar-refractivity contribution in [2.45, 2.75) is 62.8 Å². The zero-order valence-corrected chi connectivity index (χ0v) is 15.3. The van der Waals surface area contributed by atoms with Gasteiger partial charge in [-0.15, -0.1) is 21.5 Å². The molecule has 0 radical (unpaired) electrons. The summed E-state index contributed by atoms with van der Waals surface area (Å²) < 4.78 is 2.21. The Morgan fingerprint density at radius 1 is 1.39 bits per heavy atom. The summed E-state index contributed by atoms with van der Waals surface area (Å²) in [6, 6.07) is 0.511. The smallest absolute Gasteiger partial charge is 0.191 e. The summed E-state index contributed by atoms with van der Waals surface area (Å²) >= 11 is 3.11. The average molecular weight is 353 g/mol. The molecule has 126 valence electrons. The minimum absolute atomic E-state index is 0.113. The van der Waals surface area contributed by atoms with Gasteiger partial charge in [-0.3, -0.25) is 4.98 Å². The molecular weight excluding hydrogens is 328 g/mol. The van der Waals surface area contributed by atoms with Crippen molar-refractivity contribution in [3.63, 3.8) is 0 Å². The van der Waals surface area contributed by atoms with Gasteiger partial charge >= 0.3 is 0 Å². The van der Waals surface area contributed by atoms with Crippen LogP contribution in [-0.2, 0) is 5.60 Å². The molecule has 1 aliphatic carbocycles. The van der Waals surface area contributed by atoms with Crippen LogP contribution in [0.5, 0.6) is 0 Å². The Hall–Kier alpha value is -0.920. The third-order valence-corrected chi connectivity index (χ3v) is 6.82. The lowest BCUT2D eigenvalue weighted by Gasteiger charge is -2.31. The van der Waals surface area contributed by atoms with Crippen molar-refractivity contribution in [2.24, 2.45) is 5.92 Å². The maximum Gasteiger partial charge on any atom is 0.191 e. The van der Waals surface area contributed by atoms with E-state index in [9.17, 15) is 5.11 Å². The van der Waals surface area contributed by atoms with Crippen molar-refractivity contribution in [2.75, 3.05) is 5.75 Å². The van der Waals surface area contributed by atoms with Gasteiger partial charge in [0.25, 0.3) is 0 Å². The first-order chi connectivity index (χ1) is 11.1. The van der Waals surface area contributed by atoms with Crippen LogP contribution in [0.1, 0.15) is 56.9 Å². The molecule has 23 heavy (non-hydrogen) atoms. The van der Waals surface area contributed by atoms with E-state index in [0.29, 0.717) is 11.8 Å². The molecule has 2 aromatic heterocycles. The van der Waals surface area contributed by atoms with Crippen molar-refractivity contribution < 1.29 is 5.11 Å². The molecule has 0 aliphatic heterocycles. The van der Waals surface area contributed by atoms with Gasteiger partial charge in [0.15, 0.2) is 5.16 Å². The molecule has 0 amide bonds. The number of aromatic nitrogens is 4. The van der Waals surface area contributed by atoms with E-state index in [-0.39, 0.29) is 5.92 Å². The van der Waals surface area contributed by atoms with E-state index >= 15 is 0 Å². The lowest BCUT2D eigenvalue weighted by Crippen LogP contribution is -2.34. The molecule has 1 aliphatic rings. The molecule has 1 unspecified atom stereocenters. The molecule has 1 fully saturated rings. The first-order valence-corrected chi connectivity index (χ1v) is 10.1. The second-order valence-corrected chi connectivity index (χ2v) is 8.37. The molecule has 5 nitrogen and oxygen atoms in total. The van der Waals surface area contributed by atoms with Crippen LogP contribution in [0.4, 0.5) is 0 Å². The maximum absolute atomic E-state index is 11.1. The molecule has 0 aromatic carbocycles. The minimum atomic E-state index is -0.880. The van der Waals surface area contributed by atoms with E-state index in [0.717, 1.165) is 10.0 Å². The summed E-state index contributed by atoms with van der Waals surface area (Å²) in [5.74, 6) is 0.680. The van der Waals surface area contributed by atoms with Crippen LogP contribution < -0.4 is 0 Å². The van der Waals surface area contributed by atoms with Crippen LogP contribution in [0.3, 0.4) is 0 Å². The Balaban J connectivity index is 1.73. The van der Waals surface area contributed by atoms with Gasteiger partial charge in [-0.05, 0) is 18.8 Å². The predicted octanol–water partition coefficient (Wildman–Crippen LogP) is 3.88. The third kappa shape index (κ3) is 3.61. The molecule has 2 heterocycles. The van der Waals surface area contributed by atoms with Crippen LogP contribution in [0.25, 0.3) is 0 Å². The Morgan fingerprint density at radius 3 is 2.83 bits per heavy atom. The second kappa shape index (κ2) is 7.32. The number of hydrogen-bond acceptors (Lipinski definition) is 6. The third-order valence-electron chi connectivity index (χ3n) is 4.74. The summed E-state index contributed by atoms with van der Waals surface area (Å²) in [5.41, 5.74) is 0.896. The predicted molar refractivity (Wildman–Crippen MR) is 93.7 cm³/mol. The molecule has 1 atom stereocenters. The highest BCUT2D eigenvalue weighted by Crippen LogP contribution is 2.38. The summed E-state index contributed by atoms with van der Waals surface area (Å²) in [6.45, 7) is 4.10. The van der Waals surface area contributed by atoms with Gasteiger partial charge in [0.2, 0.25) is 0 Å². The monoisotopic (exact) mass is 352 g/mol. The summed E-state index contributed by atoms with van der Waals surface area (Å²) in [7, 11) is 0. The molecule has 3 rings (SSSR count). The average Bonchev–Trinajstić information content (AvgIpc) is 3.25. The van der Waals surface area contributed by atoms with Crippen LogP contribution in [-0.4, -0.2) is 30.6 Å². The van der Waals surface area contributed by atoms with Crippen molar-refractivity contribution in [1.29, 1.82) is 0 Å². The largest absolute Gasteiger partial charge is 0.383 e. The Bertz CT molecular complexity index is 607. The van der Waals surface area contributed by atoms with Gasteiger partial charge in [0.1, 0.15) is 11.9 Å². The number of hydrogen-bond donors (Lipinski definition) is 1. The van der Waals surface area contributed by atoms with Crippen molar-refractivity contribution in [3.8, 4) is 0 Å². The summed E-state index contributed by atoms with van der Waals surface area (Å²) in [5, 5.41) is 20.5. The van der Waals surface area contributed by atoms with Gasteiger partial charge in [0, 0.05) is 18.0 Å². The van der Waals surface area contributed by atoms with E-state index in [1.165, 1.54) is 43.4 Å². The van der Waals surface area contributed by atoms with E-state index in [4.69, 9.17) is 0 Å². The van der Waals surface area contributed by atoms with Crippen molar-refractivity contribution in [1.82, 2.24) is 19.7 Å². The fraction of sp³-hybridized carbons (Fsp3) is 0.688. The highest BCUT2D eigenvalue weighted by molar-refractivity contribution is 7.99. The van der Waals surface area contributed by atoms with Crippen LogP contribution in [0, 0.1) is 5.92 Å². The Labute approximate surface area is 145 Å². The minimum Gasteiger partial charge on any atom is -0.383 e. The van der Waals surface area contributed by atoms with Gasteiger partial charge in [-0.2, -0.15) is 0 Å². The molecule has 0 bridgehead atoms. The van der Waals surface area contributed by atoms with Crippen LogP contribution in [0.15, 0.2) is 23.2 Å². The quantitative estimate of drug-likeness (QED) is 0.799. The zero-order valence-electron chi connectivity index (χ0n) is 13.7. The maximum atomic E-state index is 11.1. The number of thiazole rings is 1. The topological polar surface area (TPSA) is 63.8 Å². The molecule has 1 N–H and O–H groups in total. The molecule has 2 aromatic rings. The number of nitrogens with zero attached hydrogens (tertiary/aromatic N) is 4. The van der Waals surface area contributed by atoms with Crippen LogP contribution in [0.2, 0.25) is 0 Å². The lowest BCUT2D eigenvalue weighted by molar-refractivity contribution is 0.0175. The number of rotatable bonds is 6. The Kier molecular flexibility index (Phi) is 5.38. The number of aliphatic hydroxyl groups is 1. The fourth-order valence-electron chi connectivity index (χ4n) is 3.07. The van der Waals surface area contributed by atoms with Gasteiger partial charge in [0.05, 0.1) is 10.4 Å². The molecule has 7 heteroatoms. The SMILES string of the molecule is CC(C)C(O)(CSc1nncn1C1CCCCC1)c1cncs1. The summed E-state index contributed by atoms with van der Waals surface area (Å²) in [4.78, 5) is 5.04. The Morgan fingerprint density at radius 2 is 2.17 bits per heavy atom. The summed E-state index contributed by atoms with van der Waals surface area (Å²) in [6.07, 6.45) is 9.92.